The first kappa shape index (κ1) is 13.9. The van der Waals surface area contributed by atoms with Gasteiger partial charge in [-0.2, -0.15) is 5.10 Å². The highest BCUT2D eigenvalue weighted by Gasteiger charge is 2.14. The topological polar surface area (TPSA) is 69.0 Å². The van der Waals surface area contributed by atoms with Crippen LogP contribution in [-0.2, 0) is 16.9 Å². The molecule has 0 radical (unpaired) electrons. The number of carbonyl (C=O) groups excluding carboxylic acids is 1. The first-order valence-corrected chi connectivity index (χ1v) is 7.41. The molecule has 0 saturated carbocycles. The van der Waals surface area contributed by atoms with Crippen LogP contribution < -0.4 is 0 Å². The van der Waals surface area contributed by atoms with E-state index in [0.29, 0.717) is 17.7 Å². The van der Waals surface area contributed by atoms with Crippen LogP contribution in [0.15, 0.2) is 6.20 Å². The molecule has 0 fully saturated rings. The zero-order valence-corrected chi connectivity index (χ0v) is 11.2. The first-order chi connectivity index (χ1) is 7.85. The van der Waals surface area contributed by atoms with E-state index < -0.39 is 9.84 Å². The fourth-order valence-electron chi connectivity index (χ4n) is 1.61. The van der Waals surface area contributed by atoms with Gasteiger partial charge in [-0.05, 0) is 13.3 Å². The molecule has 5 nitrogen and oxygen atoms in total. The number of rotatable bonds is 6. The number of aromatic nitrogens is 2. The first-order valence-electron chi connectivity index (χ1n) is 5.59. The van der Waals surface area contributed by atoms with Crippen LogP contribution in [0, 0.1) is 6.92 Å². The Kier molecular flexibility index (Phi) is 4.45. The van der Waals surface area contributed by atoms with E-state index in [0.717, 1.165) is 0 Å². The van der Waals surface area contributed by atoms with E-state index in [-0.39, 0.29) is 23.7 Å². The highest BCUT2D eigenvalue weighted by Crippen LogP contribution is 2.10. The summed E-state index contributed by atoms with van der Waals surface area (Å²) in [5.74, 6) is 0.170. The van der Waals surface area contributed by atoms with Crippen LogP contribution in [0.1, 0.15) is 35.8 Å². The molecule has 0 bridgehead atoms. The van der Waals surface area contributed by atoms with Gasteiger partial charge >= 0.3 is 0 Å². The van der Waals surface area contributed by atoms with Crippen LogP contribution in [-0.4, -0.2) is 35.5 Å². The third-order valence-electron chi connectivity index (χ3n) is 2.61. The minimum Gasteiger partial charge on any atom is -0.294 e. The number of carbonyl (C=O) groups is 1. The summed E-state index contributed by atoms with van der Waals surface area (Å²) in [5, 5.41) is 4.08. The number of ketones is 1. The number of hydrogen-bond donors (Lipinski definition) is 0. The van der Waals surface area contributed by atoms with E-state index >= 15 is 0 Å². The molecule has 1 aromatic heterocycles. The zero-order valence-electron chi connectivity index (χ0n) is 10.4. The molecular formula is C11H18N2O3S. The van der Waals surface area contributed by atoms with Gasteiger partial charge in [0.15, 0.2) is 5.78 Å². The number of sulfone groups is 1. The Labute approximate surface area is 102 Å². The Bertz CT molecular complexity index is 503. The highest BCUT2D eigenvalue weighted by atomic mass is 32.2. The molecule has 0 aromatic carbocycles. The van der Waals surface area contributed by atoms with E-state index in [9.17, 15) is 13.2 Å². The summed E-state index contributed by atoms with van der Waals surface area (Å²) in [6.45, 7) is 3.39. The number of nitrogens with zero attached hydrogens (tertiary/aromatic N) is 2. The van der Waals surface area contributed by atoms with Gasteiger partial charge in [-0.15, -0.1) is 0 Å². The number of Topliss-reactive ketones (excluding diaryl/α,β-unsaturated/α-hetero) is 1. The van der Waals surface area contributed by atoms with Crippen LogP contribution in [0.25, 0.3) is 0 Å². The van der Waals surface area contributed by atoms with Crippen LogP contribution in [0.2, 0.25) is 0 Å². The van der Waals surface area contributed by atoms with Crippen molar-refractivity contribution in [2.45, 2.75) is 26.7 Å². The van der Waals surface area contributed by atoms with Crippen molar-refractivity contribution >= 4 is 15.6 Å². The van der Waals surface area contributed by atoms with Crippen LogP contribution in [0.4, 0.5) is 0 Å². The van der Waals surface area contributed by atoms with E-state index in [2.05, 4.69) is 5.10 Å². The van der Waals surface area contributed by atoms with E-state index in [1.54, 1.807) is 31.8 Å². The summed E-state index contributed by atoms with van der Waals surface area (Å²) < 4.78 is 24.1. The van der Waals surface area contributed by atoms with E-state index in [4.69, 9.17) is 0 Å². The second-order valence-corrected chi connectivity index (χ2v) is 6.54. The third kappa shape index (κ3) is 3.96. The van der Waals surface area contributed by atoms with Gasteiger partial charge in [0, 0.05) is 25.4 Å². The molecule has 0 aliphatic heterocycles. The molecule has 0 N–H and O–H groups in total. The SMILES string of the molecule is CCS(=O)(=O)CCCC(=O)c1cn(C)nc1C. The van der Waals surface area contributed by atoms with E-state index in [1.807, 2.05) is 0 Å². The molecule has 96 valence electrons. The summed E-state index contributed by atoms with van der Waals surface area (Å²) in [5.41, 5.74) is 1.28. The van der Waals surface area contributed by atoms with Crippen molar-refractivity contribution in [3.05, 3.63) is 17.5 Å². The maximum Gasteiger partial charge on any atom is 0.166 e. The predicted octanol–water partition coefficient (Wildman–Crippen LogP) is 1.13. The second kappa shape index (κ2) is 5.44. The number of aryl methyl sites for hydroxylation is 2. The molecule has 0 aliphatic rings. The molecule has 17 heavy (non-hydrogen) atoms. The monoisotopic (exact) mass is 258 g/mol. The minimum atomic E-state index is -2.98. The van der Waals surface area contributed by atoms with Gasteiger partial charge in [0.2, 0.25) is 0 Å². The van der Waals surface area contributed by atoms with Crippen molar-refractivity contribution < 1.29 is 13.2 Å². The lowest BCUT2D eigenvalue weighted by molar-refractivity contribution is 0.0981. The lowest BCUT2D eigenvalue weighted by atomic mass is 10.1. The van der Waals surface area contributed by atoms with Gasteiger partial charge in [0.1, 0.15) is 9.84 Å². The van der Waals surface area contributed by atoms with Crippen molar-refractivity contribution in [3.63, 3.8) is 0 Å². The summed E-state index contributed by atoms with van der Waals surface area (Å²) in [6, 6.07) is 0. The van der Waals surface area contributed by atoms with Gasteiger partial charge in [-0.25, -0.2) is 8.42 Å². The maximum atomic E-state index is 11.8. The average Bonchev–Trinajstić information content (AvgIpc) is 2.57. The zero-order chi connectivity index (χ0) is 13.1. The smallest absolute Gasteiger partial charge is 0.166 e. The van der Waals surface area contributed by atoms with Gasteiger partial charge in [-0.1, -0.05) is 6.92 Å². The summed E-state index contributed by atoms with van der Waals surface area (Å²) in [7, 11) is -1.22. The molecule has 0 atom stereocenters. The van der Waals surface area contributed by atoms with Crippen LogP contribution in [0.3, 0.4) is 0 Å². The minimum absolute atomic E-state index is 0.0399. The van der Waals surface area contributed by atoms with E-state index in [1.165, 1.54) is 0 Å². The van der Waals surface area contributed by atoms with Crippen molar-refractivity contribution in [2.24, 2.45) is 7.05 Å². The van der Waals surface area contributed by atoms with Gasteiger partial charge < -0.3 is 0 Å². The lowest BCUT2D eigenvalue weighted by Crippen LogP contribution is -2.10. The lowest BCUT2D eigenvalue weighted by Gasteiger charge is -2.00. The Morgan fingerprint density at radius 1 is 1.47 bits per heavy atom. The van der Waals surface area contributed by atoms with Crippen molar-refractivity contribution in [3.8, 4) is 0 Å². The van der Waals surface area contributed by atoms with Crippen LogP contribution in [0.5, 0.6) is 0 Å². The van der Waals surface area contributed by atoms with Gasteiger partial charge in [-0.3, -0.25) is 9.48 Å². The number of hydrogen-bond acceptors (Lipinski definition) is 4. The predicted molar refractivity (Wildman–Crippen MR) is 65.8 cm³/mol. The maximum absolute atomic E-state index is 11.8. The molecule has 0 spiro atoms. The third-order valence-corrected chi connectivity index (χ3v) is 4.40. The second-order valence-electron chi connectivity index (χ2n) is 4.06. The summed E-state index contributed by atoms with van der Waals surface area (Å²) in [4.78, 5) is 11.8. The van der Waals surface area contributed by atoms with Gasteiger partial charge in [0.05, 0.1) is 17.0 Å². The molecule has 6 heteroatoms. The average molecular weight is 258 g/mol. The standard InChI is InChI=1S/C11H18N2O3S/c1-4-17(15,16)7-5-6-11(14)10-8-13(3)12-9(10)2/h8H,4-7H2,1-3H3. The molecular weight excluding hydrogens is 240 g/mol. The Hall–Kier alpha value is -1.17. The normalized spacial score (nSPS) is 11.7. The van der Waals surface area contributed by atoms with Crippen molar-refractivity contribution in [1.82, 2.24) is 9.78 Å². The van der Waals surface area contributed by atoms with Crippen molar-refractivity contribution in [2.75, 3.05) is 11.5 Å². The molecule has 1 heterocycles. The molecule has 0 unspecified atom stereocenters. The fourth-order valence-corrected chi connectivity index (χ4v) is 2.48. The molecule has 0 saturated heterocycles. The molecule has 1 aromatic rings. The van der Waals surface area contributed by atoms with Gasteiger partial charge in [0.25, 0.3) is 0 Å². The fraction of sp³-hybridized carbons (Fsp3) is 0.636. The molecule has 0 aliphatic carbocycles. The largest absolute Gasteiger partial charge is 0.294 e. The molecule has 1 rings (SSSR count). The summed E-state index contributed by atoms with van der Waals surface area (Å²) in [6.07, 6.45) is 2.31. The Morgan fingerprint density at radius 2 is 2.12 bits per heavy atom. The quantitative estimate of drug-likeness (QED) is 0.717. The highest BCUT2D eigenvalue weighted by molar-refractivity contribution is 7.91. The molecule has 0 amide bonds. The van der Waals surface area contributed by atoms with Crippen molar-refractivity contribution in [1.29, 1.82) is 0 Å². The summed E-state index contributed by atoms with van der Waals surface area (Å²) >= 11 is 0. The van der Waals surface area contributed by atoms with Crippen LogP contribution >= 0.6 is 0 Å². The Balaban J connectivity index is 2.54. The Morgan fingerprint density at radius 3 is 2.59 bits per heavy atom.